The van der Waals surface area contributed by atoms with Gasteiger partial charge in [-0.1, -0.05) is 6.07 Å². The highest BCUT2D eigenvalue weighted by atomic mass is 15.3. The van der Waals surface area contributed by atoms with Crippen molar-refractivity contribution >= 4 is 5.82 Å². The van der Waals surface area contributed by atoms with Gasteiger partial charge < -0.3 is 5.32 Å². The van der Waals surface area contributed by atoms with Crippen molar-refractivity contribution in [2.75, 3.05) is 12.4 Å². The minimum atomic E-state index is 0.768. The Bertz CT molecular complexity index is 377. The lowest BCUT2D eigenvalue weighted by molar-refractivity contribution is 0.685. The molecule has 0 radical (unpaired) electrons. The van der Waals surface area contributed by atoms with E-state index in [4.69, 9.17) is 0 Å². The van der Waals surface area contributed by atoms with Gasteiger partial charge >= 0.3 is 0 Å². The number of pyridine rings is 1. The van der Waals surface area contributed by atoms with Crippen LogP contribution in [0.5, 0.6) is 0 Å². The topological polar surface area (TPSA) is 42.7 Å². The monoisotopic (exact) mass is 188 g/mol. The largest absolute Gasteiger partial charge is 0.373 e. The molecule has 0 saturated carbocycles. The Hall–Kier alpha value is -1.84. The molecule has 0 aliphatic heterocycles. The molecule has 0 bridgehead atoms. The van der Waals surface area contributed by atoms with Gasteiger partial charge in [-0.3, -0.25) is 4.68 Å². The fraction of sp³-hybridized carbons (Fsp3) is 0.200. The Kier molecular flexibility index (Phi) is 2.44. The van der Waals surface area contributed by atoms with Crippen LogP contribution in [0.1, 0.15) is 5.56 Å². The Morgan fingerprint density at radius 3 is 2.93 bits per heavy atom. The van der Waals surface area contributed by atoms with Gasteiger partial charge in [0.05, 0.1) is 6.54 Å². The van der Waals surface area contributed by atoms with Crippen molar-refractivity contribution in [3.05, 3.63) is 42.4 Å². The van der Waals surface area contributed by atoms with Gasteiger partial charge in [0.2, 0.25) is 0 Å². The SMILES string of the molecule is CNc1ccc(Cn2cccn2)cn1. The van der Waals surface area contributed by atoms with Crippen LogP contribution >= 0.6 is 0 Å². The van der Waals surface area contributed by atoms with E-state index in [1.807, 2.05) is 42.3 Å². The maximum atomic E-state index is 4.23. The first-order valence-electron chi connectivity index (χ1n) is 4.48. The van der Waals surface area contributed by atoms with Crippen LogP contribution in [0.25, 0.3) is 0 Å². The lowest BCUT2D eigenvalue weighted by Gasteiger charge is -2.02. The summed E-state index contributed by atoms with van der Waals surface area (Å²) < 4.78 is 1.87. The number of hydrogen-bond acceptors (Lipinski definition) is 3. The van der Waals surface area contributed by atoms with Gasteiger partial charge in [0.15, 0.2) is 0 Å². The van der Waals surface area contributed by atoms with Crippen molar-refractivity contribution in [3.8, 4) is 0 Å². The standard InChI is InChI=1S/C10H12N4/c1-11-10-4-3-9(7-12-10)8-14-6-2-5-13-14/h2-7H,8H2,1H3,(H,11,12). The average molecular weight is 188 g/mol. The van der Waals surface area contributed by atoms with Crippen molar-refractivity contribution in [1.82, 2.24) is 14.8 Å². The van der Waals surface area contributed by atoms with Crippen LogP contribution in [-0.2, 0) is 6.54 Å². The van der Waals surface area contributed by atoms with Crippen LogP contribution in [0, 0.1) is 0 Å². The second-order valence-electron chi connectivity index (χ2n) is 3.01. The Morgan fingerprint density at radius 2 is 2.36 bits per heavy atom. The zero-order chi connectivity index (χ0) is 9.80. The molecule has 2 heterocycles. The van der Waals surface area contributed by atoms with E-state index in [1.165, 1.54) is 0 Å². The molecule has 0 spiro atoms. The molecule has 4 heteroatoms. The van der Waals surface area contributed by atoms with E-state index in [2.05, 4.69) is 15.4 Å². The fourth-order valence-corrected chi connectivity index (χ4v) is 1.25. The second-order valence-corrected chi connectivity index (χ2v) is 3.01. The molecule has 0 aromatic carbocycles. The van der Waals surface area contributed by atoms with E-state index in [1.54, 1.807) is 6.20 Å². The molecular weight excluding hydrogens is 176 g/mol. The molecular formula is C10H12N4. The first-order valence-corrected chi connectivity index (χ1v) is 4.48. The molecule has 1 N–H and O–H groups in total. The first kappa shape index (κ1) is 8.74. The molecule has 0 saturated heterocycles. The number of nitrogens with one attached hydrogen (secondary N) is 1. The third kappa shape index (κ3) is 1.90. The number of nitrogens with zero attached hydrogens (tertiary/aromatic N) is 3. The molecule has 2 aromatic heterocycles. The number of rotatable bonds is 3. The van der Waals surface area contributed by atoms with Gasteiger partial charge in [0.1, 0.15) is 5.82 Å². The van der Waals surface area contributed by atoms with Crippen molar-refractivity contribution in [3.63, 3.8) is 0 Å². The van der Waals surface area contributed by atoms with E-state index in [-0.39, 0.29) is 0 Å². The molecule has 0 aliphatic carbocycles. The van der Waals surface area contributed by atoms with Crippen LogP contribution in [0.2, 0.25) is 0 Å². The van der Waals surface area contributed by atoms with Crippen molar-refractivity contribution in [2.45, 2.75) is 6.54 Å². The van der Waals surface area contributed by atoms with Crippen molar-refractivity contribution in [2.24, 2.45) is 0 Å². The summed E-state index contributed by atoms with van der Waals surface area (Å²) in [5, 5.41) is 7.11. The third-order valence-corrected chi connectivity index (χ3v) is 1.98. The van der Waals surface area contributed by atoms with Crippen molar-refractivity contribution in [1.29, 1.82) is 0 Å². The third-order valence-electron chi connectivity index (χ3n) is 1.98. The zero-order valence-electron chi connectivity index (χ0n) is 8.01. The van der Waals surface area contributed by atoms with E-state index in [0.717, 1.165) is 17.9 Å². The zero-order valence-corrected chi connectivity index (χ0v) is 8.01. The van der Waals surface area contributed by atoms with E-state index >= 15 is 0 Å². The highest BCUT2D eigenvalue weighted by Gasteiger charge is 1.95. The number of hydrogen-bond donors (Lipinski definition) is 1. The van der Waals surface area contributed by atoms with Crippen LogP contribution in [0.15, 0.2) is 36.8 Å². The summed E-state index contributed by atoms with van der Waals surface area (Å²) in [7, 11) is 1.86. The molecule has 2 rings (SSSR count). The molecule has 0 atom stereocenters. The minimum absolute atomic E-state index is 0.768. The molecule has 4 nitrogen and oxygen atoms in total. The normalized spacial score (nSPS) is 10.1. The highest BCUT2D eigenvalue weighted by Crippen LogP contribution is 2.05. The van der Waals surface area contributed by atoms with E-state index < -0.39 is 0 Å². The molecule has 2 aromatic rings. The Labute approximate surface area is 82.6 Å². The van der Waals surface area contributed by atoms with E-state index in [9.17, 15) is 0 Å². The quantitative estimate of drug-likeness (QED) is 0.791. The van der Waals surface area contributed by atoms with Gasteiger partial charge in [-0.25, -0.2) is 4.98 Å². The predicted molar refractivity (Wildman–Crippen MR) is 55.1 cm³/mol. The fourth-order valence-electron chi connectivity index (χ4n) is 1.25. The summed E-state index contributed by atoms with van der Waals surface area (Å²) in [4.78, 5) is 4.23. The smallest absolute Gasteiger partial charge is 0.125 e. The van der Waals surface area contributed by atoms with Crippen LogP contribution in [0.3, 0.4) is 0 Å². The van der Waals surface area contributed by atoms with Gasteiger partial charge in [0.25, 0.3) is 0 Å². The maximum Gasteiger partial charge on any atom is 0.125 e. The summed E-state index contributed by atoms with van der Waals surface area (Å²) in [5.74, 6) is 0.884. The maximum absolute atomic E-state index is 4.23. The van der Waals surface area contributed by atoms with Gasteiger partial charge in [-0.15, -0.1) is 0 Å². The van der Waals surface area contributed by atoms with Crippen LogP contribution in [-0.4, -0.2) is 21.8 Å². The lowest BCUT2D eigenvalue weighted by atomic mass is 10.3. The summed E-state index contributed by atoms with van der Waals surface area (Å²) in [5.41, 5.74) is 1.15. The minimum Gasteiger partial charge on any atom is -0.373 e. The summed E-state index contributed by atoms with van der Waals surface area (Å²) >= 11 is 0. The molecule has 0 unspecified atom stereocenters. The molecule has 14 heavy (non-hydrogen) atoms. The van der Waals surface area contributed by atoms with Gasteiger partial charge in [-0.2, -0.15) is 5.10 Å². The number of aromatic nitrogens is 3. The lowest BCUT2D eigenvalue weighted by Crippen LogP contribution is -2.01. The van der Waals surface area contributed by atoms with Crippen molar-refractivity contribution < 1.29 is 0 Å². The first-order chi connectivity index (χ1) is 6.88. The summed E-state index contributed by atoms with van der Waals surface area (Å²) in [6, 6.07) is 5.91. The molecule has 0 fully saturated rings. The van der Waals surface area contributed by atoms with Gasteiger partial charge in [-0.05, 0) is 17.7 Å². The number of anilines is 1. The molecule has 0 aliphatic rings. The average Bonchev–Trinajstić information content (AvgIpc) is 2.72. The highest BCUT2D eigenvalue weighted by molar-refractivity contribution is 5.34. The van der Waals surface area contributed by atoms with Crippen LogP contribution < -0.4 is 5.32 Å². The van der Waals surface area contributed by atoms with Gasteiger partial charge in [0, 0.05) is 25.6 Å². The summed E-state index contributed by atoms with van der Waals surface area (Å²) in [6.45, 7) is 0.768. The van der Waals surface area contributed by atoms with E-state index in [0.29, 0.717) is 0 Å². The van der Waals surface area contributed by atoms with Crippen LogP contribution in [0.4, 0.5) is 5.82 Å². The second kappa shape index (κ2) is 3.91. The molecule has 0 amide bonds. The Morgan fingerprint density at radius 1 is 1.43 bits per heavy atom. The molecule has 72 valence electrons. The predicted octanol–water partition coefficient (Wildman–Crippen LogP) is 1.37. The Balaban J connectivity index is 2.10. The summed E-state index contributed by atoms with van der Waals surface area (Å²) in [6.07, 6.45) is 5.56.